The maximum atomic E-state index is 4.75. The number of benzene rings is 1. The lowest BCUT2D eigenvalue weighted by molar-refractivity contribution is 0.735. The van der Waals surface area contributed by atoms with E-state index in [0.717, 1.165) is 27.9 Å². The Balaban J connectivity index is 1.81. The van der Waals surface area contributed by atoms with Gasteiger partial charge in [0.05, 0.1) is 5.71 Å². The van der Waals surface area contributed by atoms with Gasteiger partial charge in [0.15, 0.2) is 0 Å². The molecule has 0 atom stereocenters. The SMILES string of the molecule is Cc1ccc(C2=Nn3c(nnc3-c3ccnn3C)SC2)cc1. The fraction of sp³-hybridized carbons (Fsp3) is 0.200. The number of thioether (sulfide) groups is 1. The van der Waals surface area contributed by atoms with Gasteiger partial charge in [-0.2, -0.15) is 14.9 Å². The zero-order chi connectivity index (χ0) is 15.1. The second-order valence-electron chi connectivity index (χ2n) is 5.16. The summed E-state index contributed by atoms with van der Waals surface area (Å²) < 4.78 is 3.58. The maximum absolute atomic E-state index is 4.75. The lowest BCUT2D eigenvalue weighted by Gasteiger charge is -2.14. The fourth-order valence-electron chi connectivity index (χ4n) is 2.37. The Hall–Kier alpha value is -2.41. The number of fused-ring (bicyclic) bond motifs is 1. The van der Waals surface area contributed by atoms with Crippen LogP contribution in [0.15, 0.2) is 46.8 Å². The minimum atomic E-state index is 0.715. The number of hydrogen-bond acceptors (Lipinski definition) is 5. The quantitative estimate of drug-likeness (QED) is 0.729. The molecule has 22 heavy (non-hydrogen) atoms. The standard InChI is InChI=1S/C15H14N6S/c1-10-3-5-11(6-4-10)12-9-22-15-18-17-14(21(15)19-12)13-7-8-16-20(13)2/h3-8H,9H2,1-2H3. The van der Waals surface area contributed by atoms with Crippen LogP contribution in [0.3, 0.4) is 0 Å². The van der Waals surface area contributed by atoms with Crippen LogP contribution in [0.4, 0.5) is 0 Å². The third kappa shape index (κ3) is 2.14. The summed E-state index contributed by atoms with van der Waals surface area (Å²) in [5.74, 6) is 1.51. The van der Waals surface area contributed by atoms with Crippen molar-refractivity contribution in [1.82, 2.24) is 24.7 Å². The van der Waals surface area contributed by atoms with Crippen LogP contribution in [0.1, 0.15) is 11.1 Å². The Morgan fingerprint density at radius 2 is 1.91 bits per heavy atom. The van der Waals surface area contributed by atoms with E-state index in [0.29, 0.717) is 5.82 Å². The number of nitrogens with zero attached hydrogens (tertiary/aromatic N) is 6. The molecule has 0 bridgehead atoms. The number of hydrogen-bond donors (Lipinski definition) is 0. The molecule has 7 heteroatoms. The van der Waals surface area contributed by atoms with Crippen molar-refractivity contribution in [2.45, 2.75) is 12.1 Å². The molecule has 0 unspecified atom stereocenters. The molecular formula is C15H14N6S. The molecule has 0 aliphatic carbocycles. The van der Waals surface area contributed by atoms with E-state index in [4.69, 9.17) is 5.10 Å². The summed E-state index contributed by atoms with van der Waals surface area (Å²) >= 11 is 1.65. The molecule has 6 nitrogen and oxygen atoms in total. The minimum Gasteiger partial charge on any atom is -0.265 e. The van der Waals surface area contributed by atoms with Gasteiger partial charge < -0.3 is 0 Å². The number of rotatable bonds is 2. The summed E-state index contributed by atoms with van der Waals surface area (Å²) in [5, 5.41) is 18.2. The van der Waals surface area contributed by atoms with Crippen molar-refractivity contribution >= 4 is 17.5 Å². The van der Waals surface area contributed by atoms with Crippen LogP contribution in [-0.4, -0.2) is 36.1 Å². The van der Waals surface area contributed by atoms with E-state index in [9.17, 15) is 0 Å². The molecule has 0 radical (unpaired) electrons. The molecule has 1 aliphatic rings. The van der Waals surface area contributed by atoms with Crippen molar-refractivity contribution < 1.29 is 0 Å². The lowest BCUT2D eigenvalue weighted by atomic mass is 10.1. The third-order valence-electron chi connectivity index (χ3n) is 3.61. The summed E-state index contributed by atoms with van der Waals surface area (Å²) in [5.41, 5.74) is 4.30. The molecule has 0 saturated heterocycles. The highest BCUT2D eigenvalue weighted by Crippen LogP contribution is 2.28. The van der Waals surface area contributed by atoms with Gasteiger partial charge in [-0.15, -0.1) is 10.2 Å². The average molecular weight is 310 g/mol. The van der Waals surface area contributed by atoms with Gasteiger partial charge in [-0.1, -0.05) is 41.6 Å². The smallest absolute Gasteiger partial charge is 0.212 e. The monoisotopic (exact) mass is 310 g/mol. The van der Waals surface area contributed by atoms with Crippen molar-refractivity contribution in [1.29, 1.82) is 0 Å². The van der Waals surface area contributed by atoms with E-state index < -0.39 is 0 Å². The number of aryl methyl sites for hydroxylation is 2. The summed E-state index contributed by atoms with van der Waals surface area (Å²) in [7, 11) is 1.89. The van der Waals surface area contributed by atoms with E-state index >= 15 is 0 Å². The predicted octanol–water partition coefficient (Wildman–Crippen LogP) is 2.35. The highest BCUT2D eigenvalue weighted by Gasteiger charge is 2.21. The molecule has 2 aromatic heterocycles. The maximum Gasteiger partial charge on any atom is 0.212 e. The van der Waals surface area contributed by atoms with Gasteiger partial charge in [-0.3, -0.25) is 4.68 Å². The zero-order valence-corrected chi connectivity index (χ0v) is 13.1. The Bertz CT molecular complexity index is 859. The van der Waals surface area contributed by atoms with Crippen molar-refractivity contribution in [3.8, 4) is 11.5 Å². The molecule has 0 amide bonds. The summed E-state index contributed by atoms with van der Waals surface area (Å²) in [6, 6.07) is 10.3. The highest BCUT2D eigenvalue weighted by molar-refractivity contribution is 7.99. The van der Waals surface area contributed by atoms with Crippen LogP contribution in [0, 0.1) is 6.92 Å². The van der Waals surface area contributed by atoms with Crippen LogP contribution in [-0.2, 0) is 7.05 Å². The van der Waals surface area contributed by atoms with E-state index in [1.165, 1.54) is 5.56 Å². The van der Waals surface area contributed by atoms with Gasteiger partial charge in [0.25, 0.3) is 0 Å². The molecule has 1 aromatic carbocycles. The average Bonchev–Trinajstić information content (AvgIpc) is 3.13. The van der Waals surface area contributed by atoms with E-state index in [1.807, 2.05) is 13.1 Å². The molecular weight excluding hydrogens is 296 g/mol. The first kappa shape index (κ1) is 13.3. The Morgan fingerprint density at radius 3 is 2.64 bits per heavy atom. The predicted molar refractivity (Wildman–Crippen MR) is 86.1 cm³/mol. The first-order valence-corrected chi connectivity index (χ1v) is 7.92. The molecule has 4 rings (SSSR count). The third-order valence-corrected chi connectivity index (χ3v) is 4.54. The van der Waals surface area contributed by atoms with E-state index in [1.54, 1.807) is 27.3 Å². The topological polar surface area (TPSA) is 60.9 Å². The van der Waals surface area contributed by atoms with Crippen LogP contribution in [0.25, 0.3) is 11.5 Å². The van der Waals surface area contributed by atoms with Gasteiger partial charge >= 0.3 is 0 Å². The van der Waals surface area contributed by atoms with Gasteiger partial charge in [0, 0.05) is 19.0 Å². The van der Waals surface area contributed by atoms with E-state index in [2.05, 4.69) is 46.5 Å². The van der Waals surface area contributed by atoms with Crippen LogP contribution in [0.2, 0.25) is 0 Å². The minimum absolute atomic E-state index is 0.715. The van der Waals surface area contributed by atoms with Crippen molar-refractivity contribution in [2.24, 2.45) is 12.1 Å². The molecule has 0 fully saturated rings. The Morgan fingerprint density at radius 1 is 1.09 bits per heavy atom. The molecule has 0 saturated carbocycles. The summed E-state index contributed by atoms with van der Waals surface area (Å²) in [6.07, 6.45) is 1.75. The van der Waals surface area contributed by atoms with Crippen LogP contribution in [0.5, 0.6) is 0 Å². The Labute approximate surface area is 131 Å². The number of aromatic nitrogens is 5. The second-order valence-corrected chi connectivity index (χ2v) is 6.10. The molecule has 110 valence electrons. The van der Waals surface area contributed by atoms with Crippen molar-refractivity contribution in [3.63, 3.8) is 0 Å². The van der Waals surface area contributed by atoms with Crippen molar-refractivity contribution in [3.05, 3.63) is 47.7 Å². The van der Waals surface area contributed by atoms with Crippen molar-refractivity contribution in [2.75, 3.05) is 5.75 Å². The normalized spacial score (nSPS) is 13.8. The molecule has 3 heterocycles. The molecule has 3 aromatic rings. The van der Waals surface area contributed by atoms with E-state index in [-0.39, 0.29) is 0 Å². The van der Waals surface area contributed by atoms with Gasteiger partial charge in [-0.05, 0) is 18.6 Å². The largest absolute Gasteiger partial charge is 0.265 e. The van der Waals surface area contributed by atoms with Gasteiger partial charge in [-0.25, -0.2) is 0 Å². The van der Waals surface area contributed by atoms with Crippen LogP contribution < -0.4 is 0 Å². The first-order valence-electron chi connectivity index (χ1n) is 6.94. The molecule has 0 spiro atoms. The summed E-state index contributed by atoms with van der Waals surface area (Å²) in [6.45, 7) is 2.08. The van der Waals surface area contributed by atoms with Gasteiger partial charge in [0.2, 0.25) is 11.0 Å². The molecule has 0 N–H and O–H groups in total. The highest BCUT2D eigenvalue weighted by atomic mass is 32.2. The van der Waals surface area contributed by atoms with Gasteiger partial charge in [0.1, 0.15) is 5.69 Å². The summed E-state index contributed by atoms with van der Waals surface area (Å²) in [4.78, 5) is 0. The fourth-order valence-corrected chi connectivity index (χ4v) is 3.21. The molecule has 1 aliphatic heterocycles. The first-order chi connectivity index (χ1) is 10.7. The lowest BCUT2D eigenvalue weighted by Crippen LogP contribution is -2.14. The Kier molecular flexibility index (Phi) is 3.07. The zero-order valence-electron chi connectivity index (χ0n) is 12.3. The second kappa shape index (κ2) is 5.10. The van der Waals surface area contributed by atoms with Crippen LogP contribution >= 0.6 is 11.8 Å².